The standard InChI is InChI=1S/C18H21FN4O2/c1-10-4-3-5-13-14(7-21-17(10)13)18(25)22-8-16(24)23-9-12(19)6-15(23)11(2)20/h3-5,7,12,15,20-21H,6,8-9H2,1-2H3,(H,22,25)/t12?,15-/m0/s1. The number of nitrogens with zero attached hydrogens (tertiary/aromatic N) is 1. The molecule has 1 unspecified atom stereocenters. The van der Waals surface area contributed by atoms with Gasteiger partial charge in [0, 0.05) is 29.2 Å². The number of hydrogen-bond acceptors (Lipinski definition) is 3. The number of likely N-dealkylation sites (tertiary alicyclic amines) is 1. The fourth-order valence-electron chi connectivity index (χ4n) is 3.32. The second-order valence-electron chi connectivity index (χ2n) is 6.46. The van der Waals surface area contributed by atoms with E-state index in [-0.39, 0.29) is 37.0 Å². The molecule has 1 aromatic heterocycles. The van der Waals surface area contributed by atoms with E-state index < -0.39 is 12.2 Å². The van der Waals surface area contributed by atoms with Crippen molar-refractivity contribution >= 4 is 28.4 Å². The van der Waals surface area contributed by atoms with Crippen LogP contribution in [0.25, 0.3) is 10.9 Å². The summed E-state index contributed by atoms with van der Waals surface area (Å²) in [5.74, 6) is -0.731. The van der Waals surface area contributed by atoms with Gasteiger partial charge in [-0.05, 0) is 19.4 Å². The third-order valence-electron chi connectivity index (χ3n) is 4.64. The fraction of sp³-hybridized carbons (Fsp3) is 0.389. The fourth-order valence-corrected chi connectivity index (χ4v) is 3.32. The molecule has 132 valence electrons. The minimum atomic E-state index is -1.12. The van der Waals surface area contributed by atoms with E-state index in [2.05, 4.69) is 10.3 Å². The number of aromatic amines is 1. The van der Waals surface area contributed by atoms with Crippen LogP contribution in [0.4, 0.5) is 4.39 Å². The summed E-state index contributed by atoms with van der Waals surface area (Å²) in [4.78, 5) is 29.2. The molecule has 0 radical (unpaired) electrons. The second-order valence-corrected chi connectivity index (χ2v) is 6.46. The zero-order valence-corrected chi connectivity index (χ0v) is 14.2. The van der Waals surface area contributed by atoms with Gasteiger partial charge in [-0.1, -0.05) is 18.2 Å². The number of para-hydroxylation sites is 1. The van der Waals surface area contributed by atoms with Crippen LogP contribution in [-0.4, -0.2) is 52.7 Å². The molecule has 3 N–H and O–H groups in total. The number of fused-ring (bicyclic) bond motifs is 1. The van der Waals surface area contributed by atoms with Gasteiger partial charge in [0.25, 0.3) is 5.91 Å². The van der Waals surface area contributed by atoms with Gasteiger partial charge in [-0.3, -0.25) is 9.59 Å². The molecule has 0 spiro atoms. The van der Waals surface area contributed by atoms with Gasteiger partial charge in [-0.25, -0.2) is 4.39 Å². The highest BCUT2D eigenvalue weighted by Crippen LogP contribution is 2.22. The first-order chi connectivity index (χ1) is 11.9. The predicted octanol–water partition coefficient (Wildman–Crippen LogP) is 2.18. The van der Waals surface area contributed by atoms with Gasteiger partial charge >= 0.3 is 0 Å². The van der Waals surface area contributed by atoms with E-state index in [0.717, 1.165) is 16.5 Å². The lowest BCUT2D eigenvalue weighted by molar-refractivity contribution is -0.130. The zero-order chi connectivity index (χ0) is 18.1. The van der Waals surface area contributed by atoms with Gasteiger partial charge in [0.2, 0.25) is 5.91 Å². The number of alkyl halides is 1. The maximum Gasteiger partial charge on any atom is 0.253 e. The number of benzene rings is 1. The van der Waals surface area contributed by atoms with Crippen LogP contribution in [0, 0.1) is 12.3 Å². The van der Waals surface area contributed by atoms with E-state index in [1.807, 2.05) is 25.1 Å². The molecule has 6 nitrogen and oxygen atoms in total. The Kier molecular flexibility index (Phi) is 4.57. The minimum Gasteiger partial charge on any atom is -0.360 e. The molecule has 2 amide bonds. The molecule has 25 heavy (non-hydrogen) atoms. The number of carbonyl (C=O) groups excluding carboxylic acids is 2. The highest BCUT2D eigenvalue weighted by Gasteiger charge is 2.36. The van der Waals surface area contributed by atoms with Crippen LogP contribution in [0.1, 0.15) is 29.3 Å². The van der Waals surface area contributed by atoms with E-state index in [0.29, 0.717) is 5.56 Å². The molecule has 1 aromatic carbocycles. The Morgan fingerprint density at radius 1 is 1.44 bits per heavy atom. The molecule has 1 saturated heterocycles. The van der Waals surface area contributed by atoms with Crippen molar-refractivity contribution < 1.29 is 14.0 Å². The second kappa shape index (κ2) is 6.66. The molecule has 1 fully saturated rings. The molecule has 0 saturated carbocycles. The van der Waals surface area contributed by atoms with Crippen molar-refractivity contribution in [3.8, 4) is 0 Å². The summed E-state index contributed by atoms with van der Waals surface area (Å²) in [6, 6.07) is 5.15. The molecular weight excluding hydrogens is 323 g/mol. The number of halogens is 1. The van der Waals surface area contributed by atoms with Crippen LogP contribution in [0.15, 0.2) is 24.4 Å². The lowest BCUT2D eigenvalue weighted by atomic mass is 10.1. The van der Waals surface area contributed by atoms with Crippen LogP contribution in [0.5, 0.6) is 0 Å². The molecule has 2 aromatic rings. The third kappa shape index (κ3) is 3.26. The number of aryl methyl sites for hydroxylation is 1. The molecule has 1 aliphatic rings. The number of carbonyl (C=O) groups is 2. The number of rotatable bonds is 4. The van der Waals surface area contributed by atoms with Crippen molar-refractivity contribution in [1.29, 1.82) is 5.41 Å². The zero-order valence-electron chi connectivity index (χ0n) is 14.2. The van der Waals surface area contributed by atoms with E-state index in [1.54, 1.807) is 13.1 Å². The summed E-state index contributed by atoms with van der Waals surface area (Å²) in [6.07, 6.45) is 0.646. The van der Waals surface area contributed by atoms with Crippen molar-refractivity contribution in [1.82, 2.24) is 15.2 Å². The average Bonchev–Trinajstić information content (AvgIpc) is 3.17. The molecule has 7 heteroatoms. The Hall–Kier alpha value is -2.70. The largest absolute Gasteiger partial charge is 0.360 e. The van der Waals surface area contributed by atoms with Crippen molar-refractivity contribution in [3.05, 3.63) is 35.5 Å². The van der Waals surface area contributed by atoms with E-state index in [1.165, 1.54) is 4.90 Å². The molecule has 1 aliphatic heterocycles. The number of nitrogens with one attached hydrogen (secondary N) is 3. The normalized spacial score (nSPS) is 20.0. The van der Waals surface area contributed by atoms with Crippen molar-refractivity contribution in [2.45, 2.75) is 32.5 Å². The maximum absolute atomic E-state index is 13.6. The highest BCUT2D eigenvalue weighted by molar-refractivity contribution is 6.08. The molecule has 0 bridgehead atoms. The minimum absolute atomic E-state index is 0.0259. The van der Waals surface area contributed by atoms with Gasteiger partial charge in [-0.2, -0.15) is 0 Å². The monoisotopic (exact) mass is 344 g/mol. The van der Waals surface area contributed by atoms with Crippen LogP contribution in [-0.2, 0) is 4.79 Å². The Morgan fingerprint density at radius 3 is 2.92 bits per heavy atom. The van der Waals surface area contributed by atoms with Gasteiger partial charge in [0.05, 0.1) is 24.7 Å². The first-order valence-electron chi connectivity index (χ1n) is 8.22. The summed E-state index contributed by atoms with van der Waals surface area (Å²) in [5, 5.41) is 11.1. The molecule has 2 heterocycles. The molecular formula is C18H21FN4O2. The average molecular weight is 344 g/mol. The smallest absolute Gasteiger partial charge is 0.253 e. The first-order valence-corrected chi connectivity index (χ1v) is 8.22. The van der Waals surface area contributed by atoms with Crippen molar-refractivity contribution in [2.24, 2.45) is 0 Å². The molecule has 3 rings (SSSR count). The SMILES string of the molecule is CC(=N)[C@@H]1CC(F)CN1C(=O)CNC(=O)c1c[nH]c2c(C)cccc12. The van der Waals surface area contributed by atoms with E-state index in [4.69, 9.17) is 5.41 Å². The van der Waals surface area contributed by atoms with E-state index >= 15 is 0 Å². The number of amides is 2. The summed E-state index contributed by atoms with van der Waals surface area (Å²) < 4.78 is 13.6. The van der Waals surface area contributed by atoms with Crippen molar-refractivity contribution in [2.75, 3.05) is 13.1 Å². The summed E-state index contributed by atoms with van der Waals surface area (Å²) in [5.41, 5.74) is 2.64. The van der Waals surface area contributed by atoms with Crippen LogP contribution >= 0.6 is 0 Å². The van der Waals surface area contributed by atoms with Crippen LogP contribution in [0.2, 0.25) is 0 Å². The number of H-pyrrole nitrogens is 1. The number of hydrogen-bond donors (Lipinski definition) is 3. The van der Waals surface area contributed by atoms with Crippen LogP contribution in [0.3, 0.4) is 0 Å². The van der Waals surface area contributed by atoms with Gasteiger partial charge < -0.3 is 20.6 Å². The predicted molar refractivity (Wildman–Crippen MR) is 93.8 cm³/mol. The Labute approximate surface area is 144 Å². The Morgan fingerprint density at radius 2 is 2.20 bits per heavy atom. The quantitative estimate of drug-likeness (QED) is 0.742. The van der Waals surface area contributed by atoms with Gasteiger partial charge in [0.1, 0.15) is 6.17 Å². The summed E-state index contributed by atoms with van der Waals surface area (Å²) in [6.45, 7) is 3.27. The lowest BCUT2D eigenvalue weighted by Crippen LogP contribution is -2.45. The topological polar surface area (TPSA) is 89.1 Å². The maximum atomic E-state index is 13.6. The van der Waals surface area contributed by atoms with Gasteiger partial charge in [-0.15, -0.1) is 0 Å². The number of aromatic nitrogens is 1. The lowest BCUT2D eigenvalue weighted by Gasteiger charge is -2.23. The molecule has 2 atom stereocenters. The first kappa shape index (κ1) is 17.1. The summed E-state index contributed by atoms with van der Waals surface area (Å²) >= 11 is 0. The Balaban J connectivity index is 1.68. The Bertz CT molecular complexity index is 845. The van der Waals surface area contributed by atoms with Crippen LogP contribution < -0.4 is 5.32 Å². The molecule has 0 aliphatic carbocycles. The van der Waals surface area contributed by atoms with Crippen molar-refractivity contribution in [3.63, 3.8) is 0 Å². The van der Waals surface area contributed by atoms with Gasteiger partial charge in [0.15, 0.2) is 0 Å². The van der Waals surface area contributed by atoms with E-state index in [9.17, 15) is 14.0 Å². The third-order valence-corrected chi connectivity index (χ3v) is 4.64. The summed E-state index contributed by atoms with van der Waals surface area (Å²) in [7, 11) is 0. The highest BCUT2D eigenvalue weighted by atomic mass is 19.1.